The quantitative estimate of drug-likeness (QED) is 0.601. The number of hydrogen-bond donors (Lipinski definition) is 1. The van der Waals surface area contributed by atoms with Crippen molar-refractivity contribution in [2.45, 2.75) is 13.8 Å². The maximum absolute atomic E-state index is 13.3. The standard InChI is InChI=1S/C11H9FO3.C2H6/c1-15-11(14)9-5-4-8(3-2-6-13)7-10(9)12;1-2/h4-5,7,13H,6H2,1H3;1-2H3. The fourth-order valence-corrected chi connectivity index (χ4v) is 1.01. The van der Waals surface area contributed by atoms with E-state index in [4.69, 9.17) is 5.11 Å². The number of methoxy groups -OCH3 is 1. The number of esters is 1. The van der Waals surface area contributed by atoms with E-state index in [9.17, 15) is 9.18 Å². The van der Waals surface area contributed by atoms with Crippen LogP contribution in [0, 0.1) is 17.7 Å². The molecule has 4 heteroatoms. The van der Waals surface area contributed by atoms with Crippen molar-refractivity contribution in [2.75, 3.05) is 13.7 Å². The maximum Gasteiger partial charge on any atom is 0.340 e. The van der Waals surface area contributed by atoms with Crippen LogP contribution in [0.25, 0.3) is 0 Å². The van der Waals surface area contributed by atoms with E-state index in [0.29, 0.717) is 5.56 Å². The first-order chi connectivity index (χ1) is 8.19. The van der Waals surface area contributed by atoms with Gasteiger partial charge in [0.2, 0.25) is 0 Å². The van der Waals surface area contributed by atoms with Gasteiger partial charge in [-0.05, 0) is 18.2 Å². The van der Waals surface area contributed by atoms with Crippen molar-refractivity contribution in [3.8, 4) is 11.8 Å². The Morgan fingerprint density at radius 2 is 2.12 bits per heavy atom. The van der Waals surface area contributed by atoms with Crippen LogP contribution in [-0.2, 0) is 4.74 Å². The zero-order valence-corrected chi connectivity index (χ0v) is 10.1. The summed E-state index contributed by atoms with van der Waals surface area (Å²) in [6.45, 7) is 3.71. The van der Waals surface area contributed by atoms with E-state index in [1.807, 2.05) is 13.8 Å². The van der Waals surface area contributed by atoms with Gasteiger partial charge in [0.1, 0.15) is 12.4 Å². The molecule has 0 spiro atoms. The Balaban J connectivity index is 0.00000121. The van der Waals surface area contributed by atoms with Crippen molar-refractivity contribution in [3.05, 3.63) is 35.1 Å². The number of halogens is 1. The van der Waals surface area contributed by atoms with Crippen LogP contribution in [0.5, 0.6) is 0 Å². The fraction of sp³-hybridized carbons (Fsp3) is 0.308. The van der Waals surface area contributed by atoms with Crippen molar-refractivity contribution in [1.29, 1.82) is 0 Å². The number of benzene rings is 1. The molecule has 0 unspecified atom stereocenters. The zero-order valence-electron chi connectivity index (χ0n) is 10.1. The molecule has 1 aromatic carbocycles. The molecule has 0 amide bonds. The highest BCUT2D eigenvalue weighted by atomic mass is 19.1. The van der Waals surface area contributed by atoms with Crippen LogP contribution in [0.3, 0.4) is 0 Å². The molecule has 0 aliphatic heterocycles. The molecule has 0 atom stereocenters. The summed E-state index contributed by atoms with van der Waals surface area (Å²) < 4.78 is 17.7. The summed E-state index contributed by atoms with van der Waals surface area (Å²) >= 11 is 0. The molecule has 1 aromatic rings. The van der Waals surface area contributed by atoms with E-state index in [1.54, 1.807) is 0 Å². The van der Waals surface area contributed by atoms with Gasteiger partial charge < -0.3 is 9.84 Å². The summed E-state index contributed by atoms with van der Waals surface area (Å²) in [4.78, 5) is 11.0. The lowest BCUT2D eigenvalue weighted by atomic mass is 10.1. The summed E-state index contributed by atoms with van der Waals surface area (Å²) in [5.41, 5.74) is 0.265. The van der Waals surface area contributed by atoms with Gasteiger partial charge in [0.05, 0.1) is 12.7 Å². The van der Waals surface area contributed by atoms with Gasteiger partial charge in [-0.1, -0.05) is 25.7 Å². The van der Waals surface area contributed by atoms with Crippen LogP contribution in [0.1, 0.15) is 29.8 Å². The molecule has 92 valence electrons. The number of rotatable bonds is 1. The zero-order chi connectivity index (χ0) is 13.3. The fourth-order valence-electron chi connectivity index (χ4n) is 1.01. The lowest BCUT2D eigenvalue weighted by Gasteiger charge is -2.00. The van der Waals surface area contributed by atoms with E-state index in [1.165, 1.54) is 19.2 Å². The second-order valence-electron chi connectivity index (χ2n) is 2.65. The van der Waals surface area contributed by atoms with E-state index in [-0.39, 0.29) is 12.2 Å². The summed E-state index contributed by atoms with van der Waals surface area (Å²) in [5, 5.41) is 8.44. The molecule has 17 heavy (non-hydrogen) atoms. The van der Waals surface area contributed by atoms with Gasteiger partial charge in [-0.15, -0.1) is 0 Å². The van der Waals surface area contributed by atoms with Crippen LogP contribution in [0.15, 0.2) is 18.2 Å². The SMILES string of the molecule is CC.COC(=O)c1ccc(C#CCO)cc1F. The highest BCUT2D eigenvalue weighted by molar-refractivity contribution is 5.89. The second kappa shape index (κ2) is 8.31. The van der Waals surface area contributed by atoms with Crippen molar-refractivity contribution in [3.63, 3.8) is 0 Å². The lowest BCUT2D eigenvalue weighted by molar-refractivity contribution is 0.0595. The summed E-state index contributed by atoms with van der Waals surface area (Å²) in [5.74, 6) is 3.49. The van der Waals surface area contributed by atoms with E-state index >= 15 is 0 Å². The van der Waals surface area contributed by atoms with Gasteiger partial charge in [0, 0.05) is 5.56 Å². The summed E-state index contributed by atoms with van der Waals surface area (Å²) in [6, 6.07) is 3.90. The third-order valence-corrected chi connectivity index (χ3v) is 1.69. The normalized spacial score (nSPS) is 8.29. The van der Waals surface area contributed by atoms with Crippen molar-refractivity contribution in [2.24, 2.45) is 0 Å². The van der Waals surface area contributed by atoms with Crippen molar-refractivity contribution < 1.29 is 19.0 Å². The Kier molecular flexibility index (Phi) is 7.40. The topological polar surface area (TPSA) is 46.5 Å². The van der Waals surface area contributed by atoms with Crippen LogP contribution in [0.2, 0.25) is 0 Å². The molecule has 0 aromatic heterocycles. The Morgan fingerprint density at radius 1 is 1.47 bits per heavy atom. The number of aliphatic hydroxyl groups excluding tert-OH is 1. The highest BCUT2D eigenvalue weighted by Crippen LogP contribution is 2.10. The third kappa shape index (κ3) is 4.66. The van der Waals surface area contributed by atoms with Gasteiger partial charge in [0.25, 0.3) is 0 Å². The third-order valence-electron chi connectivity index (χ3n) is 1.69. The first-order valence-corrected chi connectivity index (χ1v) is 5.16. The average molecular weight is 238 g/mol. The van der Waals surface area contributed by atoms with E-state index in [0.717, 1.165) is 6.07 Å². The smallest absolute Gasteiger partial charge is 0.340 e. The second-order valence-corrected chi connectivity index (χ2v) is 2.65. The van der Waals surface area contributed by atoms with Crippen molar-refractivity contribution >= 4 is 5.97 Å². The average Bonchev–Trinajstić information content (AvgIpc) is 2.38. The molecule has 1 N–H and O–H groups in total. The Morgan fingerprint density at radius 3 is 2.59 bits per heavy atom. The Labute approximate surface area is 100 Å². The predicted octanol–water partition coefficient (Wildman–Crippen LogP) is 1.98. The molecule has 0 radical (unpaired) electrons. The minimum atomic E-state index is -0.728. The van der Waals surface area contributed by atoms with Gasteiger partial charge in [-0.2, -0.15) is 0 Å². The van der Waals surface area contributed by atoms with Crippen LogP contribution >= 0.6 is 0 Å². The van der Waals surface area contributed by atoms with E-state index < -0.39 is 11.8 Å². The molecule has 0 aliphatic carbocycles. The predicted molar refractivity (Wildman–Crippen MR) is 63.1 cm³/mol. The van der Waals surface area contributed by atoms with Gasteiger partial charge in [-0.3, -0.25) is 0 Å². The minimum Gasteiger partial charge on any atom is -0.465 e. The van der Waals surface area contributed by atoms with Crippen LogP contribution < -0.4 is 0 Å². The molecule has 0 heterocycles. The van der Waals surface area contributed by atoms with E-state index in [2.05, 4.69) is 16.6 Å². The first-order valence-electron chi connectivity index (χ1n) is 5.16. The monoisotopic (exact) mass is 238 g/mol. The summed E-state index contributed by atoms with van der Waals surface area (Å²) in [6.07, 6.45) is 0. The molecule has 0 fully saturated rings. The first kappa shape index (κ1) is 15.1. The van der Waals surface area contributed by atoms with Gasteiger partial charge >= 0.3 is 5.97 Å². The number of ether oxygens (including phenoxy) is 1. The molecular formula is C13H15FO3. The Hall–Kier alpha value is -1.86. The highest BCUT2D eigenvalue weighted by Gasteiger charge is 2.11. The molecule has 0 saturated heterocycles. The molecule has 0 bridgehead atoms. The summed E-state index contributed by atoms with van der Waals surface area (Å²) in [7, 11) is 1.18. The lowest BCUT2D eigenvalue weighted by Crippen LogP contribution is -2.04. The van der Waals surface area contributed by atoms with Gasteiger partial charge in [-0.25, -0.2) is 9.18 Å². The Bertz CT molecular complexity index is 430. The number of carbonyl (C=O) groups is 1. The molecule has 0 aliphatic rings. The van der Waals surface area contributed by atoms with Crippen LogP contribution in [-0.4, -0.2) is 24.8 Å². The van der Waals surface area contributed by atoms with Crippen molar-refractivity contribution in [1.82, 2.24) is 0 Å². The minimum absolute atomic E-state index is 0.132. The molecule has 3 nitrogen and oxygen atoms in total. The van der Waals surface area contributed by atoms with Crippen LogP contribution in [0.4, 0.5) is 4.39 Å². The molecule has 0 saturated carbocycles. The number of carbonyl (C=O) groups excluding carboxylic acids is 1. The van der Waals surface area contributed by atoms with Gasteiger partial charge in [0.15, 0.2) is 0 Å². The molecular weight excluding hydrogens is 223 g/mol. The largest absolute Gasteiger partial charge is 0.465 e. The molecule has 1 rings (SSSR count). The number of aliphatic hydroxyl groups is 1. The number of hydrogen-bond acceptors (Lipinski definition) is 3. The maximum atomic E-state index is 13.3.